The average Bonchev–Trinajstić information content (AvgIpc) is 3.40. The Kier molecular flexibility index (Phi) is 7.51. The molecular weight excluding hydrogens is 532 g/mol. The molecule has 3 aromatic heterocycles. The summed E-state index contributed by atoms with van der Waals surface area (Å²) in [5, 5.41) is 8.74. The van der Waals surface area contributed by atoms with Crippen LogP contribution in [-0.4, -0.2) is 39.2 Å². The van der Waals surface area contributed by atoms with Crippen LogP contribution >= 0.6 is 50.4 Å². The number of aromatic nitrogens is 3. The van der Waals surface area contributed by atoms with Gasteiger partial charge in [0, 0.05) is 20.8 Å². The van der Waals surface area contributed by atoms with Crippen LogP contribution in [0.25, 0.3) is 21.3 Å². The zero-order chi connectivity index (χ0) is 22.5. The Morgan fingerprint density at radius 2 is 1.97 bits per heavy atom. The van der Waals surface area contributed by atoms with Crippen molar-refractivity contribution in [1.82, 2.24) is 15.0 Å². The molecule has 164 valence electrons. The largest absolute Gasteiger partial charge is 0.466 e. The van der Waals surface area contributed by atoms with Crippen LogP contribution in [0.15, 0.2) is 50.9 Å². The minimum Gasteiger partial charge on any atom is -0.466 e. The second kappa shape index (κ2) is 10.5. The molecule has 0 aliphatic rings. The van der Waals surface area contributed by atoms with Crippen LogP contribution in [-0.2, 0) is 20.7 Å². The third-order valence-electron chi connectivity index (χ3n) is 4.26. The number of carbonyl (C=O) groups excluding carboxylic acids is 2. The smallest absolute Gasteiger partial charge is 0.311 e. The van der Waals surface area contributed by atoms with E-state index in [1.807, 2.05) is 24.3 Å². The standard InChI is InChI=1S/C21H17BrN4O3S3/c1-2-29-17(28)7-14-8-32-21(25-14)26-16(27)10-31-20-18-15(9-30-19(18)23-11-24-20)12-3-5-13(22)6-4-12/h3-6,8-9,11H,2,7,10H2,1H3,(H,25,26,27). The zero-order valence-corrected chi connectivity index (χ0v) is 20.9. The molecule has 1 aromatic carbocycles. The van der Waals surface area contributed by atoms with Crippen LogP contribution in [0.4, 0.5) is 5.13 Å². The number of fused-ring (bicyclic) bond motifs is 1. The van der Waals surface area contributed by atoms with E-state index in [1.165, 1.54) is 29.4 Å². The van der Waals surface area contributed by atoms with Gasteiger partial charge in [0.05, 0.1) is 29.9 Å². The molecule has 0 unspecified atom stereocenters. The Morgan fingerprint density at radius 1 is 1.16 bits per heavy atom. The van der Waals surface area contributed by atoms with Crippen molar-refractivity contribution >= 4 is 77.6 Å². The Labute approximate surface area is 204 Å². The molecule has 1 amide bonds. The maximum Gasteiger partial charge on any atom is 0.311 e. The highest BCUT2D eigenvalue weighted by molar-refractivity contribution is 9.10. The first-order chi connectivity index (χ1) is 15.5. The fourth-order valence-electron chi connectivity index (χ4n) is 2.89. The summed E-state index contributed by atoms with van der Waals surface area (Å²) in [7, 11) is 0. The lowest BCUT2D eigenvalue weighted by molar-refractivity contribution is -0.142. The summed E-state index contributed by atoms with van der Waals surface area (Å²) in [5.74, 6) is -0.357. The van der Waals surface area contributed by atoms with Crippen LogP contribution in [0.5, 0.6) is 0 Å². The van der Waals surface area contributed by atoms with Crippen molar-refractivity contribution in [3.05, 3.63) is 51.5 Å². The molecule has 7 nitrogen and oxygen atoms in total. The molecule has 0 atom stereocenters. The number of hydrogen-bond donors (Lipinski definition) is 1. The fraction of sp³-hybridized carbons (Fsp3) is 0.190. The number of benzene rings is 1. The van der Waals surface area contributed by atoms with Crippen molar-refractivity contribution in [2.45, 2.75) is 18.4 Å². The van der Waals surface area contributed by atoms with Crippen molar-refractivity contribution in [3.8, 4) is 11.1 Å². The molecule has 1 N–H and O–H groups in total. The summed E-state index contributed by atoms with van der Waals surface area (Å²) < 4.78 is 5.93. The number of esters is 1. The molecule has 4 rings (SSSR count). The topological polar surface area (TPSA) is 94.1 Å². The second-order valence-corrected chi connectivity index (χ2v) is 10.1. The number of carbonyl (C=O) groups is 2. The highest BCUT2D eigenvalue weighted by Gasteiger charge is 2.16. The fourth-order valence-corrected chi connectivity index (χ4v) is 5.68. The minimum absolute atomic E-state index is 0.0882. The number of rotatable bonds is 8. The Balaban J connectivity index is 1.44. The number of thioether (sulfide) groups is 1. The van der Waals surface area contributed by atoms with Crippen LogP contribution < -0.4 is 5.32 Å². The van der Waals surface area contributed by atoms with E-state index in [4.69, 9.17) is 4.74 Å². The number of halogens is 1. The summed E-state index contributed by atoms with van der Waals surface area (Å²) in [6.07, 6.45) is 1.61. The van der Waals surface area contributed by atoms with Crippen molar-refractivity contribution < 1.29 is 14.3 Å². The molecule has 0 aliphatic heterocycles. The summed E-state index contributed by atoms with van der Waals surface area (Å²) in [6.45, 7) is 2.08. The van der Waals surface area contributed by atoms with Gasteiger partial charge in [0.25, 0.3) is 0 Å². The van der Waals surface area contributed by atoms with Gasteiger partial charge in [-0.15, -0.1) is 22.7 Å². The number of nitrogens with one attached hydrogen (secondary N) is 1. The summed E-state index contributed by atoms with van der Waals surface area (Å²) in [6, 6.07) is 8.06. The van der Waals surface area contributed by atoms with Gasteiger partial charge >= 0.3 is 5.97 Å². The molecule has 0 saturated carbocycles. The Hall–Kier alpha value is -2.34. The molecule has 0 fully saturated rings. The van der Waals surface area contributed by atoms with E-state index >= 15 is 0 Å². The van der Waals surface area contributed by atoms with E-state index in [0.29, 0.717) is 17.4 Å². The van der Waals surface area contributed by atoms with Crippen LogP contribution in [0.1, 0.15) is 12.6 Å². The van der Waals surface area contributed by atoms with Gasteiger partial charge in [-0.3, -0.25) is 9.59 Å². The quantitative estimate of drug-likeness (QED) is 0.178. The van der Waals surface area contributed by atoms with E-state index in [-0.39, 0.29) is 24.1 Å². The number of amides is 1. The highest BCUT2D eigenvalue weighted by atomic mass is 79.9. The van der Waals surface area contributed by atoms with Gasteiger partial charge in [-0.05, 0) is 24.6 Å². The van der Waals surface area contributed by atoms with Crippen molar-refractivity contribution in [2.75, 3.05) is 17.7 Å². The van der Waals surface area contributed by atoms with Crippen molar-refractivity contribution in [3.63, 3.8) is 0 Å². The number of thiazole rings is 1. The van der Waals surface area contributed by atoms with Crippen molar-refractivity contribution in [1.29, 1.82) is 0 Å². The van der Waals surface area contributed by atoms with E-state index in [2.05, 4.69) is 41.6 Å². The second-order valence-electron chi connectivity index (χ2n) is 6.48. The highest BCUT2D eigenvalue weighted by Crippen LogP contribution is 2.38. The summed E-state index contributed by atoms with van der Waals surface area (Å²) >= 11 is 7.65. The first-order valence-electron chi connectivity index (χ1n) is 9.54. The molecule has 0 spiro atoms. The Morgan fingerprint density at radius 3 is 2.75 bits per heavy atom. The predicted molar refractivity (Wildman–Crippen MR) is 132 cm³/mol. The lowest BCUT2D eigenvalue weighted by Crippen LogP contribution is -2.14. The SMILES string of the molecule is CCOC(=O)Cc1csc(NC(=O)CSc2ncnc3scc(-c4ccc(Br)cc4)c23)n1. The van der Waals surface area contributed by atoms with Gasteiger partial charge in [0.15, 0.2) is 5.13 Å². The molecule has 3 heterocycles. The van der Waals surface area contributed by atoms with E-state index in [0.717, 1.165) is 30.8 Å². The monoisotopic (exact) mass is 548 g/mol. The summed E-state index contributed by atoms with van der Waals surface area (Å²) in [5.41, 5.74) is 2.69. The van der Waals surface area contributed by atoms with E-state index in [1.54, 1.807) is 23.6 Å². The predicted octanol–water partition coefficient (Wildman–Crippen LogP) is 5.41. The molecule has 0 radical (unpaired) electrons. The lowest BCUT2D eigenvalue weighted by Gasteiger charge is -2.06. The number of hydrogen-bond acceptors (Lipinski definition) is 9. The normalized spacial score (nSPS) is 10.9. The van der Waals surface area contributed by atoms with Gasteiger partial charge in [-0.25, -0.2) is 15.0 Å². The van der Waals surface area contributed by atoms with Crippen LogP contribution in [0.3, 0.4) is 0 Å². The number of ether oxygens (including phenoxy) is 1. The first kappa shape index (κ1) is 22.8. The van der Waals surface area contributed by atoms with Crippen molar-refractivity contribution in [2.24, 2.45) is 0 Å². The maximum atomic E-state index is 12.5. The average molecular weight is 549 g/mol. The molecule has 11 heteroatoms. The molecular formula is C21H17BrN4O3S3. The third-order valence-corrected chi connectivity index (χ3v) is 7.47. The van der Waals surface area contributed by atoms with Gasteiger partial charge in [0.2, 0.25) is 5.91 Å². The molecule has 0 aliphatic carbocycles. The maximum absolute atomic E-state index is 12.5. The zero-order valence-electron chi connectivity index (χ0n) is 16.8. The van der Waals surface area contributed by atoms with Crippen LogP contribution in [0.2, 0.25) is 0 Å². The Bertz CT molecular complexity index is 1260. The summed E-state index contributed by atoms with van der Waals surface area (Å²) in [4.78, 5) is 38.0. The minimum atomic E-state index is -0.337. The number of nitrogens with zero attached hydrogens (tertiary/aromatic N) is 3. The molecule has 4 aromatic rings. The molecule has 0 bridgehead atoms. The first-order valence-corrected chi connectivity index (χ1v) is 13.1. The molecule has 32 heavy (non-hydrogen) atoms. The van der Waals surface area contributed by atoms with Gasteiger partial charge < -0.3 is 10.1 Å². The van der Waals surface area contributed by atoms with Gasteiger partial charge in [-0.1, -0.05) is 39.8 Å². The lowest BCUT2D eigenvalue weighted by atomic mass is 10.1. The van der Waals surface area contributed by atoms with Gasteiger partial charge in [-0.2, -0.15) is 0 Å². The third kappa shape index (κ3) is 5.52. The number of anilines is 1. The van der Waals surface area contributed by atoms with Gasteiger partial charge in [0.1, 0.15) is 16.2 Å². The van der Waals surface area contributed by atoms with E-state index < -0.39 is 0 Å². The van der Waals surface area contributed by atoms with E-state index in [9.17, 15) is 9.59 Å². The van der Waals surface area contributed by atoms with Crippen LogP contribution in [0, 0.1) is 0 Å². The number of thiophene rings is 1. The molecule has 0 saturated heterocycles.